The minimum absolute atomic E-state index is 0.0766. The number of sulfonamides is 1. The van der Waals surface area contributed by atoms with Crippen LogP contribution < -0.4 is 10.1 Å². The Morgan fingerprint density at radius 1 is 1.35 bits per heavy atom. The summed E-state index contributed by atoms with van der Waals surface area (Å²) in [7, 11) is -1.62. The molecule has 1 saturated heterocycles. The lowest BCUT2D eigenvalue weighted by atomic mass is 9.99. The SMILES string of the molecule is CCS(=O)(=O)N1CCCC(C(=O)NCc2ccc(OC)cc2)C1. The van der Waals surface area contributed by atoms with Crippen molar-refractivity contribution >= 4 is 15.9 Å². The van der Waals surface area contributed by atoms with E-state index in [-0.39, 0.29) is 24.1 Å². The van der Waals surface area contributed by atoms with Gasteiger partial charge in [0.1, 0.15) is 5.75 Å². The summed E-state index contributed by atoms with van der Waals surface area (Å²) in [6.07, 6.45) is 1.45. The van der Waals surface area contributed by atoms with Crippen LogP contribution in [0.5, 0.6) is 5.75 Å². The maximum Gasteiger partial charge on any atom is 0.224 e. The number of ether oxygens (including phenoxy) is 1. The van der Waals surface area contributed by atoms with E-state index in [2.05, 4.69) is 5.32 Å². The van der Waals surface area contributed by atoms with Crippen molar-refractivity contribution in [2.45, 2.75) is 26.3 Å². The van der Waals surface area contributed by atoms with Crippen LogP contribution in [0.1, 0.15) is 25.3 Å². The maximum absolute atomic E-state index is 12.3. The molecule has 7 heteroatoms. The highest BCUT2D eigenvalue weighted by Crippen LogP contribution is 2.20. The number of nitrogens with zero attached hydrogens (tertiary/aromatic N) is 1. The summed E-state index contributed by atoms with van der Waals surface area (Å²) in [6.45, 7) is 2.85. The minimum Gasteiger partial charge on any atom is -0.497 e. The van der Waals surface area contributed by atoms with Crippen LogP contribution in [0.15, 0.2) is 24.3 Å². The average molecular weight is 340 g/mol. The van der Waals surface area contributed by atoms with E-state index in [1.807, 2.05) is 24.3 Å². The number of hydrogen-bond donors (Lipinski definition) is 1. The molecule has 1 aliphatic rings. The number of benzene rings is 1. The van der Waals surface area contributed by atoms with Gasteiger partial charge in [-0.05, 0) is 37.5 Å². The zero-order chi connectivity index (χ0) is 16.9. The molecule has 1 amide bonds. The van der Waals surface area contributed by atoms with Crippen LogP contribution >= 0.6 is 0 Å². The fourth-order valence-electron chi connectivity index (χ4n) is 2.67. The Bertz CT molecular complexity index is 628. The van der Waals surface area contributed by atoms with E-state index in [1.165, 1.54) is 4.31 Å². The highest BCUT2D eigenvalue weighted by Gasteiger charge is 2.31. The maximum atomic E-state index is 12.3. The van der Waals surface area contributed by atoms with Crippen molar-refractivity contribution in [3.63, 3.8) is 0 Å². The molecular formula is C16H24N2O4S. The van der Waals surface area contributed by atoms with Gasteiger partial charge in [0.2, 0.25) is 15.9 Å². The second kappa shape index (κ2) is 7.79. The quantitative estimate of drug-likeness (QED) is 0.849. The van der Waals surface area contributed by atoms with Gasteiger partial charge in [-0.3, -0.25) is 4.79 Å². The van der Waals surface area contributed by atoms with Gasteiger partial charge in [0.15, 0.2) is 0 Å². The van der Waals surface area contributed by atoms with Gasteiger partial charge in [-0.15, -0.1) is 0 Å². The predicted molar refractivity (Wildman–Crippen MR) is 88.6 cm³/mol. The summed E-state index contributed by atoms with van der Waals surface area (Å²) < 4.78 is 30.4. The van der Waals surface area contributed by atoms with Gasteiger partial charge in [0.25, 0.3) is 0 Å². The van der Waals surface area contributed by atoms with Crippen LogP contribution in [0, 0.1) is 5.92 Å². The molecule has 0 radical (unpaired) electrons. The third-order valence-corrected chi connectivity index (χ3v) is 5.99. The van der Waals surface area contributed by atoms with E-state index in [9.17, 15) is 13.2 Å². The lowest BCUT2D eigenvalue weighted by Crippen LogP contribution is -2.45. The summed E-state index contributed by atoms with van der Waals surface area (Å²) >= 11 is 0. The molecule has 0 aromatic heterocycles. The Morgan fingerprint density at radius 3 is 2.65 bits per heavy atom. The minimum atomic E-state index is -3.22. The number of hydrogen-bond acceptors (Lipinski definition) is 4. The van der Waals surface area contributed by atoms with E-state index in [0.717, 1.165) is 24.2 Å². The topological polar surface area (TPSA) is 75.7 Å². The Morgan fingerprint density at radius 2 is 2.04 bits per heavy atom. The molecule has 0 saturated carbocycles. The molecule has 0 bridgehead atoms. The van der Waals surface area contributed by atoms with Crippen molar-refractivity contribution in [3.05, 3.63) is 29.8 Å². The molecule has 1 heterocycles. The van der Waals surface area contributed by atoms with Crippen molar-refractivity contribution in [3.8, 4) is 5.75 Å². The molecule has 0 spiro atoms. The lowest BCUT2D eigenvalue weighted by molar-refractivity contribution is -0.126. The summed E-state index contributed by atoms with van der Waals surface area (Å²) in [5.41, 5.74) is 0.980. The first kappa shape index (κ1) is 17.7. The molecule has 128 valence electrons. The van der Waals surface area contributed by atoms with Crippen LogP contribution in [0.2, 0.25) is 0 Å². The molecule has 1 aliphatic heterocycles. The monoisotopic (exact) mass is 340 g/mol. The molecule has 1 N–H and O–H groups in total. The van der Waals surface area contributed by atoms with E-state index in [4.69, 9.17) is 4.74 Å². The lowest BCUT2D eigenvalue weighted by Gasteiger charge is -2.30. The molecule has 6 nitrogen and oxygen atoms in total. The molecule has 2 rings (SSSR count). The number of nitrogens with one attached hydrogen (secondary N) is 1. The number of rotatable bonds is 6. The first-order chi connectivity index (χ1) is 11.0. The second-order valence-electron chi connectivity index (χ2n) is 5.66. The standard InChI is InChI=1S/C16H24N2O4S/c1-3-23(20,21)18-10-4-5-14(12-18)16(19)17-11-13-6-8-15(22-2)9-7-13/h6-9,14H,3-5,10-12H2,1-2H3,(H,17,19). The summed E-state index contributed by atoms with van der Waals surface area (Å²) in [5, 5.41) is 2.89. The predicted octanol–water partition coefficient (Wildman–Crippen LogP) is 1.37. The average Bonchev–Trinajstić information content (AvgIpc) is 2.60. The molecule has 1 atom stereocenters. The van der Waals surface area contributed by atoms with Crippen molar-refractivity contribution in [1.82, 2.24) is 9.62 Å². The van der Waals surface area contributed by atoms with Gasteiger partial charge in [-0.2, -0.15) is 0 Å². The largest absolute Gasteiger partial charge is 0.497 e. The third kappa shape index (κ3) is 4.68. The van der Waals surface area contributed by atoms with Crippen LogP contribution in [0.25, 0.3) is 0 Å². The van der Waals surface area contributed by atoms with E-state index in [1.54, 1.807) is 14.0 Å². The molecule has 23 heavy (non-hydrogen) atoms. The van der Waals surface area contributed by atoms with Gasteiger partial charge in [0, 0.05) is 19.6 Å². The van der Waals surface area contributed by atoms with Crippen LogP contribution in [-0.2, 0) is 21.4 Å². The summed E-state index contributed by atoms with van der Waals surface area (Å²) in [5.74, 6) is 0.487. The van der Waals surface area contributed by atoms with E-state index >= 15 is 0 Å². The second-order valence-corrected chi connectivity index (χ2v) is 7.92. The number of carbonyl (C=O) groups excluding carboxylic acids is 1. The molecule has 1 aromatic rings. The van der Waals surface area contributed by atoms with E-state index < -0.39 is 10.0 Å². The Hall–Kier alpha value is -1.60. The fraction of sp³-hybridized carbons (Fsp3) is 0.562. The highest BCUT2D eigenvalue weighted by atomic mass is 32.2. The highest BCUT2D eigenvalue weighted by molar-refractivity contribution is 7.89. The molecule has 1 aromatic carbocycles. The smallest absolute Gasteiger partial charge is 0.224 e. The molecular weight excluding hydrogens is 316 g/mol. The van der Waals surface area contributed by atoms with Crippen molar-refractivity contribution in [2.75, 3.05) is 26.0 Å². The third-order valence-electron chi connectivity index (χ3n) is 4.14. The van der Waals surface area contributed by atoms with Gasteiger partial charge < -0.3 is 10.1 Å². The Labute approximate surface area is 137 Å². The zero-order valence-corrected chi connectivity index (χ0v) is 14.4. The molecule has 1 unspecified atom stereocenters. The number of carbonyl (C=O) groups is 1. The van der Waals surface area contributed by atoms with Gasteiger partial charge in [-0.25, -0.2) is 12.7 Å². The first-order valence-corrected chi connectivity index (χ1v) is 9.45. The first-order valence-electron chi connectivity index (χ1n) is 7.84. The van der Waals surface area contributed by atoms with Crippen molar-refractivity contribution in [1.29, 1.82) is 0 Å². The molecule has 0 aliphatic carbocycles. The van der Waals surface area contributed by atoms with Gasteiger partial charge in [0.05, 0.1) is 18.8 Å². The normalized spacial score (nSPS) is 19.3. The number of amides is 1. The summed E-state index contributed by atoms with van der Waals surface area (Å²) in [4.78, 5) is 12.3. The van der Waals surface area contributed by atoms with Crippen molar-refractivity contribution < 1.29 is 17.9 Å². The van der Waals surface area contributed by atoms with Crippen LogP contribution in [-0.4, -0.2) is 44.6 Å². The van der Waals surface area contributed by atoms with Gasteiger partial charge >= 0.3 is 0 Å². The fourth-order valence-corrected chi connectivity index (χ4v) is 3.85. The van der Waals surface area contributed by atoms with E-state index in [0.29, 0.717) is 13.1 Å². The van der Waals surface area contributed by atoms with Crippen LogP contribution in [0.4, 0.5) is 0 Å². The Kier molecular flexibility index (Phi) is 6.01. The molecule has 1 fully saturated rings. The Balaban J connectivity index is 1.89. The van der Waals surface area contributed by atoms with Gasteiger partial charge in [-0.1, -0.05) is 12.1 Å². The number of piperidine rings is 1. The number of methoxy groups -OCH3 is 1. The zero-order valence-electron chi connectivity index (χ0n) is 13.6. The summed E-state index contributed by atoms with van der Waals surface area (Å²) in [6, 6.07) is 7.48. The van der Waals surface area contributed by atoms with Crippen LogP contribution in [0.3, 0.4) is 0 Å². The van der Waals surface area contributed by atoms with Crippen molar-refractivity contribution in [2.24, 2.45) is 5.92 Å².